The molecule has 1 aromatic carbocycles. The Balaban J connectivity index is 1.42. The van der Waals surface area contributed by atoms with Gasteiger partial charge >= 0.3 is 0 Å². The number of aryl methyl sites for hydroxylation is 3. The van der Waals surface area contributed by atoms with Gasteiger partial charge in [0.2, 0.25) is 0 Å². The van der Waals surface area contributed by atoms with Gasteiger partial charge < -0.3 is 9.73 Å². The molecule has 0 unspecified atom stereocenters. The molecule has 1 aliphatic carbocycles. The molecule has 1 amide bonds. The second-order valence-electron chi connectivity index (χ2n) is 8.93. The molecular weight excluding hydrogens is 522 g/mol. The third-order valence-corrected chi connectivity index (χ3v) is 8.19. The summed E-state index contributed by atoms with van der Waals surface area (Å²) in [5, 5.41) is 15.9. The quantitative estimate of drug-likeness (QED) is 0.118. The number of aromatic nitrogens is 2. The van der Waals surface area contributed by atoms with Crippen LogP contribution < -0.4 is 5.32 Å². The van der Waals surface area contributed by atoms with Crippen molar-refractivity contribution >= 4 is 45.9 Å². The summed E-state index contributed by atoms with van der Waals surface area (Å²) in [6, 6.07) is 10.4. The first kappa shape index (κ1) is 25.8. The van der Waals surface area contributed by atoms with Crippen LogP contribution >= 0.6 is 23.1 Å². The van der Waals surface area contributed by atoms with Crippen LogP contribution in [0.1, 0.15) is 56.4 Å². The molecule has 0 radical (unpaired) electrons. The van der Waals surface area contributed by atoms with Gasteiger partial charge in [0.15, 0.2) is 5.16 Å². The lowest BCUT2D eigenvalue weighted by Gasteiger charge is -2.12. The highest BCUT2D eigenvalue weighted by Gasteiger charge is 2.25. The molecule has 1 N–H and O–H groups in total. The van der Waals surface area contributed by atoms with Gasteiger partial charge in [0, 0.05) is 28.5 Å². The van der Waals surface area contributed by atoms with Crippen molar-refractivity contribution in [2.75, 3.05) is 0 Å². The molecule has 0 fully saturated rings. The minimum Gasteiger partial charge on any atom is -0.467 e. The average Bonchev–Trinajstić information content (AvgIpc) is 3.53. The molecule has 0 saturated carbocycles. The van der Waals surface area contributed by atoms with Crippen molar-refractivity contribution in [3.63, 3.8) is 0 Å². The van der Waals surface area contributed by atoms with E-state index in [0.29, 0.717) is 31.9 Å². The van der Waals surface area contributed by atoms with E-state index in [4.69, 9.17) is 4.42 Å². The van der Waals surface area contributed by atoms with Crippen LogP contribution in [0.3, 0.4) is 0 Å². The van der Waals surface area contributed by atoms with Crippen molar-refractivity contribution in [2.24, 2.45) is 4.99 Å². The maximum Gasteiger partial charge on any atom is 0.283 e. The summed E-state index contributed by atoms with van der Waals surface area (Å²) < 4.78 is 5.33. The highest BCUT2D eigenvalue weighted by atomic mass is 32.2. The fourth-order valence-corrected chi connectivity index (χ4v) is 6.54. The Morgan fingerprint density at radius 1 is 1.21 bits per heavy atom. The maximum absolute atomic E-state index is 13.2. The largest absolute Gasteiger partial charge is 0.467 e. The first-order chi connectivity index (χ1) is 18.4. The number of carbonyl (C=O) groups is 1. The summed E-state index contributed by atoms with van der Waals surface area (Å²) in [5.41, 5.74) is 3.75. The SMILES string of the molecule is Cc1cc(C)nc(Sc2ccc(C=Nc3sc4c(c3C(=O)NCc3ccco3)CCCC4)cc2[N+](=O)[O-])n1. The summed E-state index contributed by atoms with van der Waals surface area (Å²) in [7, 11) is 0. The zero-order chi connectivity index (χ0) is 26.6. The first-order valence-electron chi connectivity index (χ1n) is 12.1. The normalized spacial score (nSPS) is 13.0. The van der Waals surface area contributed by atoms with E-state index in [1.165, 1.54) is 22.3 Å². The van der Waals surface area contributed by atoms with E-state index in [9.17, 15) is 14.9 Å². The molecular formula is C27H25N5O4S2. The Morgan fingerprint density at radius 2 is 2.00 bits per heavy atom. The molecule has 0 atom stereocenters. The molecule has 38 heavy (non-hydrogen) atoms. The first-order valence-corrected chi connectivity index (χ1v) is 13.8. The number of benzene rings is 1. The summed E-state index contributed by atoms with van der Waals surface area (Å²) in [6.45, 7) is 4.01. The van der Waals surface area contributed by atoms with E-state index in [1.807, 2.05) is 26.0 Å². The number of nitro groups is 1. The molecule has 1 aliphatic rings. The number of amides is 1. The Hall–Kier alpha value is -3.83. The number of hydrogen-bond acceptors (Lipinski definition) is 9. The molecule has 0 saturated heterocycles. The van der Waals surface area contributed by atoms with Crippen molar-refractivity contribution in [3.8, 4) is 0 Å². The highest BCUT2D eigenvalue weighted by Crippen LogP contribution is 2.40. The lowest BCUT2D eigenvalue weighted by Crippen LogP contribution is -2.23. The molecule has 3 heterocycles. The van der Waals surface area contributed by atoms with Crippen LogP contribution in [0.4, 0.5) is 10.7 Å². The van der Waals surface area contributed by atoms with Gasteiger partial charge in [-0.15, -0.1) is 11.3 Å². The summed E-state index contributed by atoms with van der Waals surface area (Å²) >= 11 is 2.67. The smallest absolute Gasteiger partial charge is 0.283 e. The van der Waals surface area contributed by atoms with Gasteiger partial charge in [0.1, 0.15) is 10.8 Å². The standard InChI is InChI=1S/C27H25N5O4S2/c1-16-12-17(2)31-27(30-16)38-23-10-9-18(13-21(23)32(34)35)14-29-26-24(20-7-3-4-8-22(20)37-26)25(33)28-15-19-6-5-11-36-19/h5-6,9-14H,3-4,7-8,15H2,1-2H3,(H,28,33). The van der Waals surface area contributed by atoms with Crippen LogP contribution in [0.15, 0.2) is 62.1 Å². The molecule has 0 bridgehead atoms. The molecule has 0 spiro atoms. The van der Waals surface area contributed by atoms with Gasteiger partial charge in [0.25, 0.3) is 11.6 Å². The number of furan rings is 1. The van der Waals surface area contributed by atoms with Gasteiger partial charge in [-0.25, -0.2) is 15.0 Å². The molecule has 194 valence electrons. The third kappa shape index (κ3) is 5.84. The Bertz CT molecular complexity index is 1510. The number of nitrogens with one attached hydrogen (secondary N) is 1. The zero-order valence-electron chi connectivity index (χ0n) is 20.9. The zero-order valence-corrected chi connectivity index (χ0v) is 22.5. The van der Waals surface area contributed by atoms with E-state index in [0.717, 1.165) is 54.4 Å². The van der Waals surface area contributed by atoms with Gasteiger partial charge in [-0.1, -0.05) is 6.07 Å². The fourth-order valence-electron chi connectivity index (χ4n) is 4.36. The van der Waals surface area contributed by atoms with Crippen LogP contribution in [0.5, 0.6) is 0 Å². The van der Waals surface area contributed by atoms with Crippen molar-refractivity contribution in [1.82, 2.24) is 15.3 Å². The lowest BCUT2D eigenvalue weighted by atomic mass is 9.95. The summed E-state index contributed by atoms with van der Waals surface area (Å²) in [5.74, 6) is 0.475. The van der Waals surface area contributed by atoms with Gasteiger partial charge in [-0.2, -0.15) is 0 Å². The molecule has 0 aliphatic heterocycles. The van der Waals surface area contributed by atoms with E-state index < -0.39 is 4.92 Å². The summed E-state index contributed by atoms with van der Waals surface area (Å²) in [4.78, 5) is 39.7. The molecule has 4 aromatic rings. The number of fused-ring (bicyclic) bond motifs is 1. The Kier molecular flexibility index (Phi) is 7.66. The number of carbonyl (C=O) groups excluding carboxylic acids is 1. The molecule has 11 heteroatoms. The van der Waals surface area contributed by atoms with E-state index in [1.54, 1.807) is 30.7 Å². The number of hydrogen-bond donors (Lipinski definition) is 1. The number of nitro benzene ring substituents is 1. The van der Waals surface area contributed by atoms with E-state index in [2.05, 4.69) is 20.3 Å². The predicted molar refractivity (Wildman–Crippen MR) is 147 cm³/mol. The van der Waals surface area contributed by atoms with Gasteiger partial charge in [0.05, 0.1) is 28.2 Å². The summed E-state index contributed by atoms with van der Waals surface area (Å²) in [6.07, 6.45) is 7.02. The fraction of sp³-hybridized carbons (Fsp3) is 0.259. The molecule has 3 aromatic heterocycles. The van der Waals surface area contributed by atoms with Crippen molar-refractivity contribution < 1.29 is 14.1 Å². The van der Waals surface area contributed by atoms with E-state index >= 15 is 0 Å². The topological polar surface area (TPSA) is 124 Å². The second kappa shape index (κ2) is 11.3. The molecule has 9 nitrogen and oxygen atoms in total. The number of rotatable bonds is 8. The van der Waals surface area contributed by atoms with Crippen molar-refractivity contribution in [1.29, 1.82) is 0 Å². The Labute approximate surface area is 227 Å². The number of thiophene rings is 1. The van der Waals surface area contributed by atoms with E-state index in [-0.39, 0.29) is 18.1 Å². The predicted octanol–water partition coefficient (Wildman–Crippen LogP) is 6.37. The van der Waals surface area contributed by atoms with Crippen molar-refractivity contribution in [3.05, 3.63) is 91.5 Å². The lowest BCUT2D eigenvalue weighted by molar-refractivity contribution is -0.387. The van der Waals surface area contributed by atoms with Gasteiger partial charge in [-0.05, 0) is 86.7 Å². The van der Waals surface area contributed by atoms with Crippen LogP contribution in [0.2, 0.25) is 0 Å². The van der Waals surface area contributed by atoms with Crippen LogP contribution in [-0.2, 0) is 19.4 Å². The molecule has 5 rings (SSSR count). The van der Waals surface area contributed by atoms with Crippen LogP contribution in [-0.4, -0.2) is 27.0 Å². The minimum atomic E-state index is -0.417. The minimum absolute atomic E-state index is 0.0522. The van der Waals surface area contributed by atoms with Crippen molar-refractivity contribution in [2.45, 2.75) is 56.1 Å². The average molecular weight is 548 g/mol. The monoisotopic (exact) mass is 547 g/mol. The maximum atomic E-state index is 13.2. The number of nitrogens with zero attached hydrogens (tertiary/aromatic N) is 4. The highest BCUT2D eigenvalue weighted by molar-refractivity contribution is 7.99. The second-order valence-corrected chi connectivity index (χ2v) is 11.0. The van der Waals surface area contributed by atoms with Crippen LogP contribution in [0.25, 0.3) is 0 Å². The Morgan fingerprint density at radius 3 is 2.74 bits per heavy atom. The van der Waals surface area contributed by atoms with Crippen LogP contribution in [0, 0.1) is 24.0 Å². The number of aliphatic imine (C=N–C) groups is 1. The van der Waals surface area contributed by atoms with Gasteiger partial charge in [-0.3, -0.25) is 14.9 Å². The third-order valence-electron chi connectivity index (χ3n) is 6.06.